The number of aromatic nitrogens is 3. The molecule has 0 spiro atoms. The van der Waals surface area contributed by atoms with Gasteiger partial charge in [0.05, 0.1) is 11.2 Å². The Labute approximate surface area is 164 Å². The standard InChI is InChI=1S/C23H23N5/c1-15-13-17-9-5-6-10-20(17)28(15)23-26-18-11-12-25-19(21(18)22(24)27-23)14-16-7-3-2-4-8-16/h2-10,13,19,25H,11-12,14H2,1H3,(H2,24,26,27). The zero-order valence-corrected chi connectivity index (χ0v) is 15.9. The van der Waals surface area contributed by atoms with Gasteiger partial charge < -0.3 is 11.1 Å². The second-order valence-electron chi connectivity index (χ2n) is 7.40. The maximum absolute atomic E-state index is 6.48. The van der Waals surface area contributed by atoms with Gasteiger partial charge in [-0.05, 0) is 31.0 Å². The van der Waals surface area contributed by atoms with E-state index >= 15 is 0 Å². The van der Waals surface area contributed by atoms with Gasteiger partial charge in [-0.2, -0.15) is 4.98 Å². The summed E-state index contributed by atoms with van der Waals surface area (Å²) in [6.07, 6.45) is 1.74. The van der Waals surface area contributed by atoms with Crippen LogP contribution in [0.4, 0.5) is 5.82 Å². The average Bonchev–Trinajstić information content (AvgIpc) is 3.04. The molecule has 28 heavy (non-hydrogen) atoms. The number of nitrogens with zero attached hydrogens (tertiary/aromatic N) is 3. The van der Waals surface area contributed by atoms with Gasteiger partial charge in [0, 0.05) is 35.7 Å². The summed E-state index contributed by atoms with van der Waals surface area (Å²) in [5, 5.41) is 4.78. The lowest BCUT2D eigenvalue weighted by molar-refractivity contribution is 0.494. The van der Waals surface area contributed by atoms with Crippen molar-refractivity contribution in [1.82, 2.24) is 19.9 Å². The minimum Gasteiger partial charge on any atom is -0.383 e. The van der Waals surface area contributed by atoms with Gasteiger partial charge in [0.25, 0.3) is 0 Å². The molecule has 3 N–H and O–H groups in total. The number of nitrogen functional groups attached to an aromatic ring is 1. The normalized spacial score (nSPS) is 16.2. The highest BCUT2D eigenvalue weighted by atomic mass is 15.2. The van der Waals surface area contributed by atoms with Crippen molar-refractivity contribution in [3.05, 3.63) is 83.2 Å². The Morgan fingerprint density at radius 2 is 1.86 bits per heavy atom. The zero-order chi connectivity index (χ0) is 19.1. The Kier molecular flexibility index (Phi) is 4.10. The van der Waals surface area contributed by atoms with Crippen molar-refractivity contribution >= 4 is 16.7 Å². The van der Waals surface area contributed by atoms with Crippen LogP contribution in [0.2, 0.25) is 0 Å². The maximum atomic E-state index is 6.48. The van der Waals surface area contributed by atoms with Crippen LogP contribution in [0.25, 0.3) is 16.9 Å². The van der Waals surface area contributed by atoms with E-state index in [1.54, 1.807) is 0 Å². The fourth-order valence-corrected chi connectivity index (χ4v) is 4.24. The highest BCUT2D eigenvalue weighted by Crippen LogP contribution is 2.31. The summed E-state index contributed by atoms with van der Waals surface area (Å²) in [6.45, 7) is 2.98. The molecule has 0 aliphatic carbocycles. The SMILES string of the molecule is Cc1cc2ccccc2n1-c1nc(N)c2c(n1)CCNC2Cc1ccccc1. The fraction of sp³-hybridized carbons (Fsp3) is 0.217. The Bertz CT molecular complexity index is 1150. The molecule has 0 amide bonds. The van der Waals surface area contributed by atoms with E-state index in [0.29, 0.717) is 11.8 Å². The van der Waals surface area contributed by atoms with Crippen LogP contribution in [0.15, 0.2) is 60.7 Å². The van der Waals surface area contributed by atoms with Gasteiger partial charge in [-0.1, -0.05) is 48.5 Å². The molecule has 5 rings (SSSR count). The van der Waals surface area contributed by atoms with Crippen molar-refractivity contribution in [3.63, 3.8) is 0 Å². The lowest BCUT2D eigenvalue weighted by Gasteiger charge is -2.27. The topological polar surface area (TPSA) is 68.8 Å². The van der Waals surface area contributed by atoms with Gasteiger partial charge >= 0.3 is 0 Å². The first-order valence-electron chi connectivity index (χ1n) is 9.72. The number of nitrogens with one attached hydrogen (secondary N) is 1. The Morgan fingerprint density at radius 1 is 1.07 bits per heavy atom. The number of fused-ring (bicyclic) bond motifs is 2. The molecule has 5 heteroatoms. The number of para-hydroxylation sites is 1. The number of anilines is 1. The average molecular weight is 369 g/mol. The highest BCUT2D eigenvalue weighted by molar-refractivity contribution is 5.82. The minimum absolute atomic E-state index is 0.141. The number of benzene rings is 2. The van der Waals surface area contributed by atoms with Crippen molar-refractivity contribution in [2.24, 2.45) is 0 Å². The van der Waals surface area contributed by atoms with Gasteiger partial charge in [0.2, 0.25) is 5.95 Å². The Hall–Kier alpha value is -3.18. The third kappa shape index (κ3) is 2.84. The molecule has 0 saturated heterocycles. The Morgan fingerprint density at radius 3 is 2.71 bits per heavy atom. The first-order valence-corrected chi connectivity index (χ1v) is 9.72. The van der Waals surface area contributed by atoms with Crippen molar-refractivity contribution in [2.45, 2.75) is 25.8 Å². The van der Waals surface area contributed by atoms with Crippen LogP contribution in [0.3, 0.4) is 0 Å². The van der Waals surface area contributed by atoms with E-state index in [-0.39, 0.29) is 6.04 Å². The number of hydrogen-bond acceptors (Lipinski definition) is 4. The van der Waals surface area contributed by atoms with E-state index in [1.165, 1.54) is 10.9 Å². The van der Waals surface area contributed by atoms with Crippen LogP contribution in [0.1, 0.15) is 28.6 Å². The molecule has 140 valence electrons. The van der Waals surface area contributed by atoms with Crippen LogP contribution in [-0.4, -0.2) is 21.1 Å². The van der Waals surface area contributed by atoms with E-state index in [9.17, 15) is 0 Å². The predicted molar refractivity (Wildman–Crippen MR) is 113 cm³/mol. The smallest absolute Gasteiger partial charge is 0.236 e. The minimum atomic E-state index is 0.141. The van der Waals surface area contributed by atoms with Gasteiger partial charge in [0.1, 0.15) is 5.82 Å². The molecule has 1 unspecified atom stereocenters. The molecule has 5 nitrogen and oxygen atoms in total. The van der Waals surface area contributed by atoms with Crippen molar-refractivity contribution in [1.29, 1.82) is 0 Å². The fourth-order valence-electron chi connectivity index (χ4n) is 4.24. The third-order valence-corrected chi connectivity index (χ3v) is 5.52. The third-order valence-electron chi connectivity index (χ3n) is 5.52. The monoisotopic (exact) mass is 369 g/mol. The molecule has 0 saturated carbocycles. The summed E-state index contributed by atoms with van der Waals surface area (Å²) in [5.41, 5.74) is 12.1. The predicted octanol–water partition coefficient (Wildman–Crippen LogP) is 3.74. The number of nitrogens with two attached hydrogens (primary N) is 1. The van der Waals surface area contributed by atoms with Crippen molar-refractivity contribution in [3.8, 4) is 5.95 Å². The number of aryl methyl sites for hydroxylation is 1. The second-order valence-corrected chi connectivity index (χ2v) is 7.40. The lowest BCUT2D eigenvalue weighted by atomic mass is 9.94. The summed E-state index contributed by atoms with van der Waals surface area (Å²) in [7, 11) is 0. The first kappa shape index (κ1) is 17.0. The van der Waals surface area contributed by atoms with Crippen LogP contribution in [-0.2, 0) is 12.8 Å². The summed E-state index contributed by atoms with van der Waals surface area (Å²) in [4.78, 5) is 9.67. The summed E-state index contributed by atoms with van der Waals surface area (Å²) < 4.78 is 2.10. The van der Waals surface area contributed by atoms with Crippen LogP contribution in [0.5, 0.6) is 0 Å². The maximum Gasteiger partial charge on any atom is 0.236 e. The molecule has 3 heterocycles. The van der Waals surface area contributed by atoms with E-state index in [4.69, 9.17) is 15.7 Å². The molecular weight excluding hydrogens is 346 g/mol. The number of hydrogen-bond donors (Lipinski definition) is 2. The molecule has 2 aromatic carbocycles. The van der Waals surface area contributed by atoms with Crippen LogP contribution in [0, 0.1) is 6.92 Å². The largest absolute Gasteiger partial charge is 0.383 e. The second kappa shape index (κ2) is 6.77. The van der Waals surface area contributed by atoms with Crippen LogP contribution >= 0.6 is 0 Å². The molecule has 0 radical (unpaired) electrons. The van der Waals surface area contributed by atoms with Crippen LogP contribution < -0.4 is 11.1 Å². The molecule has 1 aliphatic heterocycles. The van der Waals surface area contributed by atoms with Crippen molar-refractivity contribution < 1.29 is 0 Å². The van der Waals surface area contributed by atoms with Gasteiger partial charge in [0.15, 0.2) is 0 Å². The van der Waals surface area contributed by atoms with E-state index in [2.05, 4.69) is 59.3 Å². The number of rotatable bonds is 3. The Balaban J connectivity index is 1.59. The summed E-state index contributed by atoms with van der Waals surface area (Å²) in [5.74, 6) is 1.24. The molecular formula is C23H23N5. The van der Waals surface area contributed by atoms with Gasteiger partial charge in [-0.3, -0.25) is 4.57 Å². The molecule has 1 atom stereocenters. The molecule has 1 aliphatic rings. The molecule has 2 aromatic heterocycles. The van der Waals surface area contributed by atoms with Gasteiger partial charge in [-0.25, -0.2) is 4.98 Å². The lowest BCUT2D eigenvalue weighted by Crippen LogP contribution is -2.33. The highest BCUT2D eigenvalue weighted by Gasteiger charge is 2.26. The molecule has 0 fully saturated rings. The zero-order valence-electron chi connectivity index (χ0n) is 15.9. The van der Waals surface area contributed by atoms with Gasteiger partial charge in [-0.15, -0.1) is 0 Å². The molecule has 0 bridgehead atoms. The van der Waals surface area contributed by atoms with E-state index < -0.39 is 0 Å². The van der Waals surface area contributed by atoms with E-state index in [0.717, 1.165) is 41.9 Å². The first-order chi connectivity index (χ1) is 13.7. The molecule has 4 aromatic rings. The van der Waals surface area contributed by atoms with E-state index in [1.807, 2.05) is 18.2 Å². The summed E-state index contributed by atoms with van der Waals surface area (Å²) >= 11 is 0. The van der Waals surface area contributed by atoms with Crippen molar-refractivity contribution in [2.75, 3.05) is 12.3 Å². The quantitative estimate of drug-likeness (QED) is 0.577. The summed E-state index contributed by atoms with van der Waals surface area (Å²) in [6, 6.07) is 21.1.